The molecule has 0 saturated carbocycles. The number of methoxy groups -OCH3 is 1. The maximum absolute atomic E-state index is 16.3. The Bertz CT molecular complexity index is 2710. The number of hydrogen-bond acceptors (Lipinski definition) is 6. The van der Waals surface area contributed by atoms with Crippen molar-refractivity contribution in [2.24, 2.45) is 7.05 Å². The van der Waals surface area contributed by atoms with Gasteiger partial charge in [0.1, 0.15) is 36.7 Å². The van der Waals surface area contributed by atoms with Gasteiger partial charge in [-0.3, -0.25) is 18.5 Å². The van der Waals surface area contributed by atoms with Crippen LogP contribution in [-0.2, 0) is 30.5 Å². The Kier molecular flexibility index (Phi) is 10.1. The summed E-state index contributed by atoms with van der Waals surface area (Å²) < 4.78 is 61.6. The first kappa shape index (κ1) is 37.5. The van der Waals surface area contributed by atoms with Crippen molar-refractivity contribution in [3.05, 3.63) is 196 Å². The fourth-order valence-electron chi connectivity index (χ4n) is 7.53. The molecule has 0 bridgehead atoms. The van der Waals surface area contributed by atoms with E-state index in [-0.39, 0.29) is 40.3 Å². The number of imidazole rings is 1. The van der Waals surface area contributed by atoms with Crippen molar-refractivity contribution in [1.29, 1.82) is 0 Å². The summed E-state index contributed by atoms with van der Waals surface area (Å²) in [5.41, 5.74) is 1.88. The lowest BCUT2D eigenvalue weighted by atomic mass is 9.76. The number of rotatable bonds is 12. The summed E-state index contributed by atoms with van der Waals surface area (Å²) in [6.45, 7) is -0.657. The highest BCUT2D eigenvalue weighted by atomic mass is 19.1. The standard InChI is InChI=1S/C45H35F3N6O4/c1-52-42-37(53(44(52)56)26-40(55)50-34-20-18-33(46)19-21-34)23-22-35(47)41(42)29-24-36(48)43(38(25-29)57-2)58-27-39-51-49-28-54(39)45(30-12-6-3-7-13-30,31-14-8-4-9-15-31)32-16-10-5-11-17-32/h3-25,28H,26-27H2,1-2H3,(H,50,55). The molecular weight excluding hydrogens is 746 g/mol. The number of amides is 1. The number of aryl methyl sites for hydroxylation is 1. The van der Waals surface area contributed by atoms with Crippen molar-refractivity contribution in [3.63, 3.8) is 0 Å². The molecular formula is C45H35F3N6O4. The van der Waals surface area contributed by atoms with E-state index >= 15 is 8.78 Å². The van der Waals surface area contributed by atoms with E-state index in [1.807, 2.05) is 95.6 Å². The number of benzene rings is 6. The minimum absolute atomic E-state index is 0.0407. The molecule has 1 N–H and O–H groups in total. The molecule has 0 saturated heterocycles. The van der Waals surface area contributed by atoms with Crippen LogP contribution in [-0.4, -0.2) is 36.9 Å². The van der Waals surface area contributed by atoms with Gasteiger partial charge in [-0.15, -0.1) is 10.2 Å². The van der Waals surface area contributed by atoms with Gasteiger partial charge in [0, 0.05) is 18.3 Å². The zero-order valence-electron chi connectivity index (χ0n) is 31.3. The van der Waals surface area contributed by atoms with Gasteiger partial charge in [0.25, 0.3) is 0 Å². The number of nitrogens with one attached hydrogen (secondary N) is 1. The minimum Gasteiger partial charge on any atom is -0.493 e. The van der Waals surface area contributed by atoms with Crippen molar-refractivity contribution in [2.45, 2.75) is 18.7 Å². The second kappa shape index (κ2) is 15.6. The van der Waals surface area contributed by atoms with Gasteiger partial charge in [0.05, 0.1) is 18.1 Å². The van der Waals surface area contributed by atoms with Gasteiger partial charge in [-0.2, -0.15) is 0 Å². The molecule has 2 aromatic heterocycles. The molecule has 8 aromatic rings. The Labute approximate surface area is 330 Å². The molecule has 0 aliphatic rings. The topological polar surface area (TPSA) is 105 Å². The van der Waals surface area contributed by atoms with Gasteiger partial charge in [0.2, 0.25) is 5.91 Å². The number of anilines is 1. The molecule has 6 aromatic carbocycles. The molecule has 290 valence electrons. The number of hydrogen-bond donors (Lipinski definition) is 1. The number of aromatic nitrogens is 5. The molecule has 10 nitrogen and oxygen atoms in total. The van der Waals surface area contributed by atoms with Gasteiger partial charge in [-0.05, 0) is 70.8 Å². The number of fused-ring (bicyclic) bond motifs is 1. The van der Waals surface area contributed by atoms with Crippen molar-refractivity contribution < 1.29 is 27.4 Å². The molecule has 0 radical (unpaired) electrons. The van der Waals surface area contributed by atoms with E-state index in [0.717, 1.165) is 28.8 Å². The lowest BCUT2D eigenvalue weighted by molar-refractivity contribution is -0.116. The summed E-state index contributed by atoms with van der Waals surface area (Å²) in [7, 11) is 2.77. The van der Waals surface area contributed by atoms with Crippen molar-refractivity contribution >= 4 is 22.6 Å². The second-order valence-corrected chi connectivity index (χ2v) is 13.5. The first-order valence-corrected chi connectivity index (χ1v) is 18.2. The SMILES string of the molecule is COc1cc(-c2c(F)ccc3c2n(C)c(=O)n3CC(=O)Nc2ccc(F)cc2)cc(F)c1OCc1nncn1C(c1ccccc1)(c1ccccc1)c1ccccc1. The molecule has 0 atom stereocenters. The summed E-state index contributed by atoms with van der Waals surface area (Å²) in [5.74, 6) is -2.55. The van der Waals surface area contributed by atoms with E-state index in [1.54, 1.807) is 6.33 Å². The largest absolute Gasteiger partial charge is 0.493 e. The number of carbonyl (C=O) groups excluding carboxylic acids is 1. The van der Waals surface area contributed by atoms with E-state index < -0.39 is 41.1 Å². The van der Waals surface area contributed by atoms with E-state index in [1.165, 1.54) is 59.7 Å². The van der Waals surface area contributed by atoms with Gasteiger partial charge >= 0.3 is 5.69 Å². The van der Waals surface area contributed by atoms with E-state index in [0.29, 0.717) is 11.5 Å². The highest BCUT2D eigenvalue weighted by molar-refractivity contribution is 5.96. The van der Waals surface area contributed by atoms with Crippen LogP contribution < -0.4 is 20.5 Å². The average molecular weight is 781 g/mol. The highest BCUT2D eigenvalue weighted by Gasteiger charge is 2.40. The smallest absolute Gasteiger partial charge is 0.329 e. The molecule has 8 rings (SSSR count). The Balaban J connectivity index is 1.16. The molecule has 58 heavy (non-hydrogen) atoms. The summed E-state index contributed by atoms with van der Waals surface area (Å²) in [4.78, 5) is 26.4. The van der Waals surface area contributed by atoms with Gasteiger partial charge in [-0.25, -0.2) is 18.0 Å². The number of carbonyl (C=O) groups is 1. The van der Waals surface area contributed by atoms with Gasteiger partial charge < -0.3 is 14.8 Å². The molecule has 0 aliphatic carbocycles. The normalized spacial score (nSPS) is 11.5. The fourth-order valence-corrected chi connectivity index (χ4v) is 7.53. The highest BCUT2D eigenvalue weighted by Crippen LogP contribution is 2.43. The predicted molar refractivity (Wildman–Crippen MR) is 213 cm³/mol. The Morgan fingerprint density at radius 3 is 1.97 bits per heavy atom. The maximum Gasteiger partial charge on any atom is 0.329 e. The van der Waals surface area contributed by atoms with Crippen molar-refractivity contribution in [2.75, 3.05) is 12.4 Å². The van der Waals surface area contributed by atoms with Gasteiger partial charge in [0.15, 0.2) is 23.1 Å². The quantitative estimate of drug-likeness (QED) is 0.126. The lowest BCUT2D eigenvalue weighted by Gasteiger charge is -2.38. The number of halogens is 3. The zero-order chi connectivity index (χ0) is 40.4. The monoisotopic (exact) mass is 780 g/mol. The molecule has 0 fully saturated rings. The lowest BCUT2D eigenvalue weighted by Crippen LogP contribution is -2.38. The van der Waals surface area contributed by atoms with Crippen LogP contribution in [0.1, 0.15) is 22.5 Å². The minimum atomic E-state index is -0.956. The molecule has 2 heterocycles. The second-order valence-electron chi connectivity index (χ2n) is 13.5. The molecule has 1 amide bonds. The van der Waals surface area contributed by atoms with Crippen LogP contribution in [0.4, 0.5) is 18.9 Å². The van der Waals surface area contributed by atoms with Crippen LogP contribution in [0.3, 0.4) is 0 Å². The van der Waals surface area contributed by atoms with Crippen molar-refractivity contribution in [1.82, 2.24) is 23.9 Å². The summed E-state index contributed by atoms with van der Waals surface area (Å²) in [6, 6.07) is 40.0. The third-order valence-electron chi connectivity index (χ3n) is 10.1. The maximum atomic E-state index is 16.3. The summed E-state index contributed by atoms with van der Waals surface area (Å²) in [6.07, 6.45) is 1.62. The third-order valence-corrected chi connectivity index (χ3v) is 10.1. The van der Waals surface area contributed by atoms with Crippen LogP contribution in [0.5, 0.6) is 11.5 Å². The Morgan fingerprint density at radius 2 is 1.38 bits per heavy atom. The molecule has 0 spiro atoms. The van der Waals surface area contributed by atoms with Crippen LogP contribution in [0, 0.1) is 17.5 Å². The Morgan fingerprint density at radius 1 is 0.776 bits per heavy atom. The molecule has 0 aliphatic heterocycles. The van der Waals surface area contributed by atoms with Crippen LogP contribution >= 0.6 is 0 Å². The van der Waals surface area contributed by atoms with Crippen molar-refractivity contribution in [3.8, 4) is 22.6 Å². The zero-order valence-corrected chi connectivity index (χ0v) is 31.3. The average Bonchev–Trinajstić information content (AvgIpc) is 3.81. The van der Waals surface area contributed by atoms with E-state index in [2.05, 4.69) is 15.5 Å². The molecule has 13 heteroatoms. The van der Waals surface area contributed by atoms with Crippen LogP contribution in [0.15, 0.2) is 151 Å². The first-order chi connectivity index (χ1) is 28.2. The van der Waals surface area contributed by atoms with Crippen LogP contribution in [0.25, 0.3) is 22.2 Å². The van der Waals surface area contributed by atoms with Crippen LogP contribution in [0.2, 0.25) is 0 Å². The predicted octanol–water partition coefficient (Wildman–Crippen LogP) is 8.08. The Hall–Kier alpha value is -7.41. The third kappa shape index (κ3) is 6.66. The first-order valence-electron chi connectivity index (χ1n) is 18.2. The number of ether oxygens (including phenoxy) is 2. The fraction of sp³-hybridized carbons (Fsp3) is 0.111. The molecule has 0 unspecified atom stereocenters. The summed E-state index contributed by atoms with van der Waals surface area (Å²) in [5, 5.41) is 11.4. The summed E-state index contributed by atoms with van der Waals surface area (Å²) >= 11 is 0. The van der Waals surface area contributed by atoms with Gasteiger partial charge in [-0.1, -0.05) is 91.0 Å². The van der Waals surface area contributed by atoms with E-state index in [4.69, 9.17) is 9.47 Å². The van der Waals surface area contributed by atoms with E-state index in [9.17, 15) is 14.0 Å². The number of nitrogens with zero attached hydrogens (tertiary/aromatic N) is 5.